The minimum Gasteiger partial charge on any atom is -0.334 e. The van der Waals surface area contributed by atoms with E-state index in [9.17, 15) is 14.0 Å². The van der Waals surface area contributed by atoms with Crippen LogP contribution in [0.2, 0.25) is 0 Å². The Hall–Kier alpha value is -2.89. The summed E-state index contributed by atoms with van der Waals surface area (Å²) in [6.45, 7) is 2.27. The third kappa shape index (κ3) is 3.65. The van der Waals surface area contributed by atoms with Gasteiger partial charge in [0.1, 0.15) is 5.82 Å². The van der Waals surface area contributed by atoms with E-state index in [1.54, 1.807) is 21.9 Å². The smallest absolute Gasteiger partial charge is 0.317 e. The van der Waals surface area contributed by atoms with Crippen molar-refractivity contribution in [2.75, 3.05) is 24.5 Å². The highest BCUT2D eigenvalue weighted by molar-refractivity contribution is 5.96. The summed E-state index contributed by atoms with van der Waals surface area (Å²) in [5.74, 6) is -0.282. The van der Waals surface area contributed by atoms with Gasteiger partial charge in [0.25, 0.3) is 0 Å². The summed E-state index contributed by atoms with van der Waals surface area (Å²) < 4.78 is 13.1. The van der Waals surface area contributed by atoms with Crippen LogP contribution in [0, 0.1) is 11.2 Å². The molecule has 140 valence electrons. The maximum atomic E-state index is 13.1. The molecule has 4 rings (SSSR count). The Labute approximate surface area is 157 Å². The molecule has 27 heavy (non-hydrogen) atoms. The lowest BCUT2D eigenvalue weighted by molar-refractivity contribution is -0.117. The molecule has 2 saturated heterocycles. The van der Waals surface area contributed by atoms with Crippen molar-refractivity contribution in [1.29, 1.82) is 0 Å². The molecule has 0 aliphatic carbocycles. The zero-order valence-electron chi connectivity index (χ0n) is 15.0. The predicted octanol–water partition coefficient (Wildman–Crippen LogP) is 3.16. The Bertz CT molecular complexity index is 840. The van der Waals surface area contributed by atoms with Crippen LogP contribution in [0.15, 0.2) is 54.6 Å². The molecule has 2 aliphatic rings. The SMILES string of the molecule is O=C(NCc1ccccc1)N1CCC2(CC(=O)N(c3ccc(F)cc3)C2)C1. The zero-order valence-corrected chi connectivity index (χ0v) is 15.0. The first-order valence-corrected chi connectivity index (χ1v) is 9.17. The van der Waals surface area contributed by atoms with Crippen LogP contribution in [0.1, 0.15) is 18.4 Å². The molecule has 0 aromatic heterocycles. The first kappa shape index (κ1) is 17.5. The minimum absolute atomic E-state index is 0.0353. The number of halogens is 1. The second-order valence-corrected chi connectivity index (χ2v) is 7.45. The van der Waals surface area contributed by atoms with E-state index in [1.165, 1.54) is 12.1 Å². The van der Waals surface area contributed by atoms with Gasteiger partial charge in [0.15, 0.2) is 0 Å². The quantitative estimate of drug-likeness (QED) is 0.906. The predicted molar refractivity (Wildman–Crippen MR) is 101 cm³/mol. The van der Waals surface area contributed by atoms with E-state index in [0.717, 1.165) is 12.0 Å². The molecule has 0 radical (unpaired) electrons. The van der Waals surface area contributed by atoms with Gasteiger partial charge in [-0.1, -0.05) is 30.3 Å². The highest BCUT2D eigenvalue weighted by Crippen LogP contribution is 2.41. The number of hydrogen-bond donors (Lipinski definition) is 1. The van der Waals surface area contributed by atoms with Gasteiger partial charge in [-0.25, -0.2) is 9.18 Å². The Balaban J connectivity index is 1.37. The topological polar surface area (TPSA) is 52.7 Å². The van der Waals surface area contributed by atoms with E-state index in [1.807, 2.05) is 30.3 Å². The number of urea groups is 1. The molecule has 0 bridgehead atoms. The van der Waals surface area contributed by atoms with Crippen molar-refractivity contribution in [3.63, 3.8) is 0 Å². The number of benzene rings is 2. The van der Waals surface area contributed by atoms with Crippen molar-refractivity contribution in [2.24, 2.45) is 5.41 Å². The van der Waals surface area contributed by atoms with Crippen LogP contribution in [0.5, 0.6) is 0 Å². The van der Waals surface area contributed by atoms with Crippen molar-refractivity contribution < 1.29 is 14.0 Å². The highest BCUT2D eigenvalue weighted by Gasteiger charge is 2.48. The standard InChI is InChI=1S/C21H22FN3O2/c22-17-6-8-18(9-7-17)25-15-21(12-19(25)26)10-11-24(14-21)20(27)23-13-16-4-2-1-3-5-16/h1-9H,10-15H2,(H,23,27). The van der Waals surface area contributed by atoms with Crippen LogP contribution in [-0.2, 0) is 11.3 Å². The molecule has 1 unspecified atom stereocenters. The van der Waals surface area contributed by atoms with Crippen LogP contribution in [-0.4, -0.2) is 36.5 Å². The molecular weight excluding hydrogens is 345 g/mol. The van der Waals surface area contributed by atoms with Crippen molar-refractivity contribution in [3.05, 3.63) is 66.0 Å². The summed E-state index contributed by atoms with van der Waals surface area (Å²) >= 11 is 0. The third-order valence-corrected chi connectivity index (χ3v) is 5.47. The fraction of sp³-hybridized carbons (Fsp3) is 0.333. The number of likely N-dealkylation sites (tertiary alicyclic amines) is 1. The lowest BCUT2D eigenvalue weighted by Gasteiger charge is -2.24. The molecule has 5 nitrogen and oxygen atoms in total. The number of nitrogens with zero attached hydrogens (tertiary/aromatic N) is 2. The largest absolute Gasteiger partial charge is 0.334 e. The van der Waals surface area contributed by atoms with Crippen molar-refractivity contribution in [2.45, 2.75) is 19.4 Å². The number of rotatable bonds is 3. The Kier molecular flexibility index (Phi) is 4.56. The summed E-state index contributed by atoms with van der Waals surface area (Å²) in [6.07, 6.45) is 1.22. The van der Waals surface area contributed by atoms with E-state index < -0.39 is 0 Å². The third-order valence-electron chi connectivity index (χ3n) is 5.47. The van der Waals surface area contributed by atoms with Crippen LogP contribution in [0.25, 0.3) is 0 Å². The molecule has 1 spiro atoms. The number of anilines is 1. The van der Waals surface area contributed by atoms with Crippen molar-refractivity contribution >= 4 is 17.6 Å². The first-order valence-electron chi connectivity index (χ1n) is 9.17. The van der Waals surface area contributed by atoms with Crippen LogP contribution in [0.4, 0.5) is 14.9 Å². The monoisotopic (exact) mass is 367 g/mol. The fourth-order valence-electron chi connectivity index (χ4n) is 4.02. The van der Waals surface area contributed by atoms with Crippen LogP contribution >= 0.6 is 0 Å². The van der Waals surface area contributed by atoms with E-state index in [0.29, 0.717) is 38.3 Å². The second kappa shape index (κ2) is 7.02. The van der Waals surface area contributed by atoms with Gasteiger partial charge >= 0.3 is 6.03 Å². The molecule has 2 aliphatic heterocycles. The molecule has 2 heterocycles. The maximum Gasteiger partial charge on any atom is 0.317 e. The van der Waals surface area contributed by atoms with Gasteiger partial charge in [-0.05, 0) is 36.2 Å². The van der Waals surface area contributed by atoms with Gasteiger partial charge in [-0.2, -0.15) is 0 Å². The maximum absolute atomic E-state index is 13.1. The number of hydrogen-bond acceptors (Lipinski definition) is 2. The molecule has 3 amide bonds. The van der Waals surface area contributed by atoms with Crippen LogP contribution in [0.3, 0.4) is 0 Å². The molecule has 1 atom stereocenters. The number of amides is 3. The molecule has 0 saturated carbocycles. The molecule has 2 aromatic carbocycles. The Morgan fingerprint density at radius 3 is 2.56 bits per heavy atom. The minimum atomic E-state index is -0.317. The average Bonchev–Trinajstić information content (AvgIpc) is 3.24. The highest BCUT2D eigenvalue weighted by atomic mass is 19.1. The zero-order chi connectivity index (χ0) is 18.9. The number of carbonyl (C=O) groups is 2. The van der Waals surface area contributed by atoms with Gasteiger partial charge in [0.05, 0.1) is 0 Å². The van der Waals surface area contributed by atoms with E-state index in [4.69, 9.17) is 0 Å². The summed E-state index contributed by atoms with van der Waals surface area (Å²) in [4.78, 5) is 28.5. The molecular formula is C21H22FN3O2. The van der Waals surface area contributed by atoms with Gasteiger partial charge in [-0.15, -0.1) is 0 Å². The summed E-state index contributed by atoms with van der Waals surface area (Å²) in [6, 6.07) is 15.7. The average molecular weight is 367 g/mol. The summed E-state index contributed by atoms with van der Waals surface area (Å²) in [7, 11) is 0. The van der Waals surface area contributed by atoms with Gasteiger partial charge in [0.2, 0.25) is 5.91 Å². The fourth-order valence-corrected chi connectivity index (χ4v) is 4.02. The molecule has 2 aromatic rings. The van der Waals surface area contributed by atoms with Gasteiger partial charge < -0.3 is 15.1 Å². The lowest BCUT2D eigenvalue weighted by Crippen LogP contribution is -2.40. The Morgan fingerprint density at radius 2 is 1.81 bits per heavy atom. The molecule has 1 N–H and O–H groups in total. The number of carbonyl (C=O) groups excluding carboxylic acids is 2. The first-order chi connectivity index (χ1) is 13.0. The van der Waals surface area contributed by atoms with Gasteiger partial charge in [-0.3, -0.25) is 4.79 Å². The van der Waals surface area contributed by atoms with Crippen LogP contribution < -0.4 is 10.2 Å². The van der Waals surface area contributed by atoms with E-state index in [2.05, 4.69) is 5.32 Å². The Morgan fingerprint density at radius 1 is 1.07 bits per heavy atom. The molecule has 2 fully saturated rings. The van der Waals surface area contributed by atoms with Crippen molar-refractivity contribution in [1.82, 2.24) is 10.2 Å². The normalized spacial score (nSPS) is 21.9. The number of nitrogens with one attached hydrogen (secondary N) is 1. The summed E-state index contributed by atoms with van der Waals surface area (Å²) in [5.41, 5.74) is 1.55. The van der Waals surface area contributed by atoms with Crippen molar-refractivity contribution in [3.8, 4) is 0 Å². The van der Waals surface area contributed by atoms with E-state index >= 15 is 0 Å². The summed E-state index contributed by atoms with van der Waals surface area (Å²) in [5, 5.41) is 2.95. The molecule has 6 heteroatoms. The second-order valence-electron chi connectivity index (χ2n) is 7.45. The lowest BCUT2D eigenvalue weighted by atomic mass is 9.86. The van der Waals surface area contributed by atoms with Gasteiger partial charge in [0, 0.05) is 43.7 Å². The van der Waals surface area contributed by atoms with E-state index in [-0.39, 0.29) is 23.2 Å².